The van der Waals surface area contributed by atoms with Crippen LogP contribution in [0.15, 0.2) is 0 Å². The van der Waals surface area contributed by atoms with E-state index >= 15 is 4.20 Å². The molecule has 20 heavy (non-hydrogen) atoms. The third kappa shape index (κ3) is 9.21. The van der Waals surface area contributed by atoms with Gasteiger partial charge in [0, 0.05) is 0 Å². The molecular weight excluding hydrogens is 280 g/mol. The first-order valence-electron chi connectivity index (χ1n) is 8.26. The van der Waals surface area contributed by atoms with Gasteiger partial charge in [-0.05, 0) is 0 Å². The predicted molar refractivity (Wildman–Crippen MR) is 92.1 cm³/mol. The van der Waals surface area contributed by atoms with Gasteiger partial charge in [-0.15, -0.1) is 0 Å². The van der Waals surface area contributed by atoms with Crippen molar-refractivity contribution in [1.82, 2.24) is 0 Å². The van der Waals surface area contributed by atoms with E-state index in [4.69, 9.17) is 0 Å². The van der Waals surface area contributed by atoms with Crippen molar-refractivity contribution in [2.45, 2.75) is 79.1 Å². The average Bonchev–Trinajstić information content (AvgIpc) is 2.40. The monoisotopic (exact) mass is 318 g/mol. The first-order valence-corrected chi connectivity index (χ1v) is 11.1. The number of rotatable bonds is 12. The second-order valence-electron chi connectivity index (χ2n) is 6.13. The molecule has 0 nitrogen and oxygen atoms in total. The zero-order chi connectivity index (χ0) is 13.9. The van der Waals surface area contributed by atoms with Gasteiger partial charge in [-0.25, -0.2) is 0 Å². The van der Waals surface area contributed by atoms with Gasteiger partial charge in [0.15, 0.2) is 0 Å². The van der Waals surface area contributed by atoms with Gasteiger partial charge in [0.2, 0.25) is 0 Å². The minimum Gasteiger partial charge on any atom is -0.269 e. The number of hydrogen-bond acceptors (Lipinski definition) is 0. The molecule has 4 heteroatoms. The van der Waals surface area contributed by atoms with Crippen LogP contribution in [0.5, 0.6) is 0 Å². The fourth-order valence-electron chi connectivity index (χ4n) is 2.88. The molecule has 0 aromatic rings. The number of halogens is 3. The minimum atomic E-state index is -2.86. The molecule has 0 aromatic carbocycles. The molecule has 0 aliphatic heterocycles. The Hall–Kier alpha value is 0.220. The Labute approximate surface area is 125 Å². The summed E-state index contributed by atoms with van der Waals surface area (Å²) in [6, 6.07) is 0. The standard InChI is InChI=1S/C16H36FP.2FH/c1-5-9-13-18(17,14-10-6-2,15-11-7-3)16-12-8-4;;/h5-16H2,1-4H3;2*1H. The molecule has 0 spiro atoms. The van der Waals surface area contributed by atoms with Crippen LogP contribution in [0, 0.1) is 0 Å². The van der Waals surface area contributed by atoms with Crippen molar-refractivity contribution in [3.05, 3.63) is 0 Å². The molecule has 0 rings (SSSR count). The second-order valence-corrected chi connectivity index (χ2v) is 11.6. The smallest absolute Gasteiger partial charge is 0.269 e. The molecule has 0 aliphatic rings. The molecule has 0 fully saturated rings. The van der Waals surface area contributed by atoms with Crippen molar-refractivity contribution in [3.63, 3.8) is 0 Å². The molecule has 0 saturated carbocycles. The molecule has 0 saturated heterocycles. The van der Waals surface area contributed by atoms with E-state index in [1.165, 1.54) is 0 Å². The molecule has 128 valence electrons. The summed E-state index contributed by atoms with van der Waals surface area (Å²) in [5.74, 6) is 0. The van der Waals surface area contributed by atoms with Crippen molar-refractivity contribution in [2.75, 3.05) is 24.6 Å². The van der Waals surface area contributed by atoms with Crippen molar-refractivity contribution < 1.29 is 13.6 Å². The maximum atomic E-state index is 16.1. The maximum Gasteiger partial charge on any atom is -0.269 e. The second kappa shape index (κ2) is 12.9. The summed E-state index contributed by atoms with van der Waals surface area (Å²) in [5.41, 5.74) is 0. The zero-order valence-electron chi connectivity index (χ0n) is 14.1. The molecular formula is C16H38F3P. The van der Waals surface area contributed by atoms with Crippen molar-refractivity contribution >= 4 is 6.91 Å². The van der Waals surface area contributed by atoms with E-state index in [9.17, 15) is 0 Å². The number of hydrogen-bond donors (Lipinski definition) is 0. The summed E-state index contributed by atoms with van der Waals surface area (Å²) in [4.78, 5) is 0. The van der Waals surface area contributed by atoms with Gasteiger partial charge in [0.05, 0.1) is 0 Å². The van der Waals surface area contributed by atoms with Crippen LogP contribution in [-0.4, -0.2) is 24.6 Å². The van der Waals surface area contributed by atoms with E-state index in [0.29, 0.717) is 0 Å². The Morgan fingerprint density at radius 1 is 0.550 bits per heavy atom. The van der Waals surface area contributed by atoms with Crippen LogP contribution in [0.1, 0.15) is 79.1 Å². The van der Waals surface area contributed by atoms with Crippen LogP contribution in [0.2, 0.25) is 0 Å². The van der Waals surface area contributed by atoms with E-state index in [1.54, 1.807) is 0 Å². The van der Waals surface area contributed by atoms with Gasteiger partial charge in [-0.1, -0.05) is 0 Å². The number of unbranched alkanes of at least 4 members (excludes halogenated alkanes) is 4. The molecule has 0 unspecified atom stereocenters. The fourth-order valence-corrected chi connectivity index (χ4v) is 8.65. The fraction of sp³-hybridized carbons (Fsp3) is 1.00. The summed E-state index contributed by atoms with van der Waals surface area (Å²) >= 11 is 0. The Kier molecular flexibility index (Phi) is 16.3. The molecule has 0 atom stereocenters. The molecule has 0 aliphatic carbocycles. The van der Waals surface area contributed by atoms with Crippen LogP contribution in [0.4, 0.5) is 13.6 Å². The van der Waals surface area contributed by atoms with Gasteiger partial charge in [-0.2, -0.15) is 0 Å². The van der Waals surface area contributed by atoms with Crippen molar-refractivity contribution in [2.24, 2.45) is 0 Å². The van der Waals surface area contributed by atoms with Crippen LogP contribution in [-0.2, 0) is 0 Å². The van der Waals surface area contributed by atoms with Gasteiger partial charge < -0.3 is 0 Å². The maximum absolute atomic E-state index is 16.1. The van der Waals surface area contributed by atoms with E-state index < -0.39 is 6.91 Å². The van der Waals surface area contributed by atoms with E-state index in [2.05, 4.69) is 27.7 Å². The normalized spacial score (nSPS) is 12.9. The summed E-state index contributed by atoms with van der Waals surface area (Å²) in [5, 5.41) is 0. The quantitative estimate of drug-likeness (QED) is 0.342. The van der Waals surface area contributed by atoms with Crippen LogP contribution >= 0.6 is 6.91 Å². The Morgan fingerprint density at radius 2 is 0.750 bits per heavy atom. The van der Waals surface area contributed by atoms with Gasteiger partial charge in [0.1, 0.15) is 0 Å². The Balaban J connectivity index is -0.00000144. The molecule has 0 radical (unpaired) electrons. The summed E-state index contributed by atoms with van der Waals surface area (Å²) in [6.07, 6.45) is 12.7. The van der Waals surface area contributed by atoms with Crippen molar-refractivity contribution in [3.8, 4) is 0 Å². The topological polar surface area (TPSA) is 0 Å². The van der Waals surface area contributed by atoms with Gasteiger partial charge >= 0.3 is 115 Å². The predicted octanol–water partition coefficient (Wildman–Crippen LogP) is 6.93. The molecule has 0 N–H and O–H groups in total. The third-order valence-electron chi connectivity index (χ3n) is 4.28. The first kappa shape index (κ1) is 25.2. The van der Waals surface area contributed by atoms with Crippen molar-refractivity contribution in [1.29, 1.82) is 0 Å². The van der Waals surface area contributed by atoms with Crippen LogP contribution < -0.4 is 0 Å². The van der Waals surface area contributed by atoms with Crippen LogP contribution in [0.3, 0.4) is 0 Å². The molecule has 0 heterocycles. The van der Waals surface area contributed by atoms with E-state index in [0.717, 1.165) is 76.0 Å². The molecule has 0 amide bonds. The minimum absolute atomic E-state index is 0. The third-order valence-corrected chi connectivity index (χ3v) is 10.0. The SMILES string of the molecule is CCCCP(F)(CCCC)(CCCC)CCCC.F.F. The molecule has 0 bridgehead atoms. The van der Waals surface area contributed by atoms with Crippen LogP contribution in [0.25, 0.3) is 0 Å². The largest absolute Gasteiger partial charge is 0.269 e. The van der Waals surface area contributed by atoms with E-state index in [1.807, 2.05) is 0 Å². The van der Waals surface area contributed by atoms with Gasteiger partial charge in [0.25, 0.3) is 0 Å². The Morgan fingerprint density at radius 3 is 0.900 bits per heavy atom. The van der Waals surface area contributed by atoms with Gasteiger partial charge in [-0.3, -0.25) is 9.41 Å². The molecule has 0 aromatic heterocycles. The zero-order valence-corrected chi connectivity index (χ0v) is 15.0. The average molecular weight is 318 g/mol. The summed E-state index contributed by atoms with van der Waals surface area (Å²) in [7, 11) is 0. The Bertz CT molecular complexity index is 166. The summed E-state index contributed by atoms with van der Waals surface area (Å²) in [6.45, 7) is 5.92. The van der Waals surface area contributed by atoms with E-state index in [-0.39, 0.29) is 9.41 Å². The first-order chi connectivity index (χ1) is 8.54. The summed E-state index contributed by atoms with van der Waals surface area (Å²) < 4.78 is 16.1.